The number of urea groups is 1. The lowest BCUT2D eigenvalue weighted by atomic mass is 9.88. The van der Waals surface area contributed by atoms with Crippen LogP contribution >= 0.6 is 0 Å². The molecule has 1 aromatic carbocycles. The van der Waals surface area contributed by atoms with Crippen LogP contribution in [0.4, 0.5) is 10.5 Å². The third-order valence-electron chi connectivity index (χ3n) is 5.86. The largest absolute Gasteiger partial charge is 0.368 e. The van der Waals surface area contributed by atoms with Crippen molar-refractivity contribution in [3.05, 3.63) is 29.8 Å². The van der Waals surface area contributed by atoms with Gasteiger partial charge in [0.2, 0.25) is 0 Å². The fourth-order valence-corrected chi connectivity index (χ4v) is 4.09. The van der Waals surface area contributed by atoms with Gasteiger partial charge in [-0.25, -0.2) is 4.79 Å². The van der Waals surface area contributed by atoms with Crippen LogP contribution in [0.15, 0.2) is 24.3 Å². The van der Waals surface area contributed by atoms with Crippen molar-refractivity contribution in [3.8, 4) is 0 Å². The predicted molar refractivity (Wildman–Crippen MR) is 109 cm³/mol. The minimum Gasteiger partial charge on any atom is -0.368 e. The van der Waals surface area contributed by atoms with Crippen LogP contribution in [0.1, 0.15) is 31.2 Å². The molecule has 0 bridgehead atoms. The molecular formula is C21H32N4O3. The molecule has 0 radical (unpaired) electrons. The van der Waals surface area contributed by atoms with Crippen LogP contribution in [0.2, 0.25) is 0 Å². The smallest absolute Gasteiger partial charge is 0.319 e. The first-order valence-corrected chi connectivity index (χ1v) is 10.2. The van der Waals surface area contributed by atoms with Crippen molar-refractivity contribution in [2.45, 2.75) is 38.2 Å². The molecule has 7 nitrogen and oxygen atoms in total. The first kappa shape index (κ1) is 20.6. The third kappa shape index (κ3) is 5.02. The molecule has 28 heavy (non-hydrogen) atoms. The number of aryl methyl sites for hydroxylation is 1. The van der Waals surface area contributed by atoms with E-state index < -0.39 is 5.60 Å². The van der Waals surface area contributed by atoms with Gasteiger partial charge < -0.3 is 25.6 Å². The lowest BCUT2D eigenvalue weighted by molar-refractivity contribution is -0.160. The fourth-order valence-electron chi connectivity index (χ4n) is 4.09. The summed E-state index contributed by atoms with van der Waals surface area (Å²) >= 11 is 0. The Hall–Kier alpha value is -2.12. The van der Waals surface area contributed by atoms with Crippen LogP contribution in [0, 0.1) is 12.8 Å². The molecule has 1 aromatic rings. The standard InChI is InChI=1S/C21H32N4O3/c1-16-5-7-18(8-6-16)24-20(27)23-14-17-4-3-13-25(15-17)19(26)21(28-2)9-11-22-12-10-21/h5-8,17,22H,3-4,9-15H2,1-2H3,(H2,23,24,27). The zero-order valence-electron chi connectivity index (χ0n) is 16.9. The van der Waals surface area contributed by atoms with Crippen molar-refractivity contribution in [2.24, 2.45) is 5.92 Å². The van der Waals surface area contributed by atoms with Crippen molar-refractivity contribution in [3.63, 3.8) is 0 Å². The van der Waals surface area contributed by atoms with Gasteiger partial charge in [0.1, 0.15) is 5.60 Å². The Morgan fingerprint density at radius 1 is 1.25 bits per heavy atom. The average Bonchev–Trinajstić information content (AvgIpc) is 2.74. The van der Waals surface area contributed by atoms with Crippen LogP contribution < -0.4 is 16.0 Å². The van der Waals surface area contributed by atoms with Gasteiger partial charge in [0.05, 0.1) is 0 Å². The molecule has 3 N–H and O–H groups in total. The maximum atomic E-state index is 13.1. The quantitative estimate of drug-likeness (QED) is 0.722. The Bertz CT molecular complexity index is 671. The second-order valence-electron chi connectivity index (χ2n) is 7.91. The van der Waals surface area contributed by atoms with Crippen molar-refractivity contribution in [1.82, 2.24) is 15.5 Å². The van der Waals surface area contributed by atoms with Crippen LogP contribution in [-0.4, -0.2) is 62.3 Å². The maximum absolute atomic E-state index is 13.1. The number of carbonyl (C=O) groups is 2. The summed E-state index contributed by atoms with van der Waals surface area (Å²) in [7, 11) is 1.64. The van der Waals surface area contributed by atoms with E-state index in [1.165, 1.54) is 0 Å². The van der Waals surface area contributed by atoms with E-state index in [0.29, 0.717) is 25.9 Å². The summed E-state index contributed by atoms with van der Waals surface area (Å²) in [5.74, 6) is 0.363. The molecule has 3 amide bonds. The summed E-state index contributed by atoms with van der Waals surface area (Å²) in [4.78, 5) is 27.2. The molecule has 2 aliphatic rings. The number of likely N-dealkylation sites (tertiary alicyclic amines) is 1. The molecule has 0 saturated carbocycles. The second-order valence-corrected chi connectivity index (χ2v) is 7.91. The normalized spacial score (nSPS) is 21.8. The number of nitrogens with one attached hydrogen (secondary N) is 3. The highest BCUT2D eigenvalue weighted by atomic mass is 16.5. The van der Waals surface area contributed by atoms with Gasteiger partial charge in [-0.3, -0.25) is 4.79 Å². The molecule has 154 valence electrons. The zero-order chi connectivity index (χ0) is 20.0. The maximum Gasteiger partial charge on any atom is 0.319 e. The Morgan fingerprint density at radius 3 is 2.64 bits per heavy atom. The van der Waals surface area contributed by atoms with E-state index in [1.807, 2.05) is 36.1 Å². The molecule has 1 unspecified atom stereocenters. The van der Waals surface area contributed by atoms with E-state index in [-0.39, 0.29) is 17.9 Å². The van der Waals surface area contributed by atoms with Gasteiger partial charge in [0.15, 0.2) is 0 Å². The van der Waals surface area contributed by atoms with Gasteiger partial charge in [-0.2, -0.15) is 0 Å². The summed E-state index contributed by atoms with van der Waals surface area (Å²) in [5.41, 5.74) is 1.24. The van der Waals surface area contributed by atoms with Gasteiger partial charge in [-0.05, 0) is 63.7 Å². The van der Waals surface area contributed by atoms with Crippen LogP contribution in [0.25, 0.3) is 0 Å². The second kappa shape index (κ2) is 9.39. The van der Waals surface area contributed by atoms with E-state index in [0.717, 1.165) is 43.7 Å². The number of piperidine rings is 2. The highest BCUT2D eigenvalue weighted by molar-refractivity contribution is 5.89. The highest BCUT2D eigenvalue weighted by Crippen LogP contribution is 2.27. The Kier molecular flexibility index (Phi) is 6.91. The third-order valence-corrected chi connectivity index (χ3v) is 5.86. The Morgan fingerprint density at radius 2 is 1.96 bits per heavy atom. The van der Waals surface area contributed by atoms with E-state index in [1.54, 1.807) is 7.11 Å². The molecule has 2 aliphatic heterocycles. The summed E-state index contributed by atoms with van der Waals surface area (Å²) < 4.78 is 5.69. The number of ether oxygens (including phenoxy) is 1. The zero-order valence-corrected chi connectivity index (χ0v) is 16.9. The molecule has 0 aliphatic carbocycles. The lowest BCUT2D eigenvalue weighted by Gasteiger charge is -2.41. The number of amides is 3. The van der Waals surface area contributed by atoms with Gasteiger partial charge in [0, 0.05) is 32.4 Å². The number of rotatable bonds is 5. The molecule has 2 heterocycles. The minimum absolute atomic E-state index is 0.102. The molecule has 3 rings (SSSR count). The fraction of sp³-hybridized carbons (Fsp3) is 0.619. The van der Waals surface area contributed by atoms with Gasteiger partial charge in [-0.1, -0.05) is 17.7 Å². The topological polar surface area (TPSA) is 82.7 Å². The monoisotopic (exact) mass is 388 g/mol. The summed E-state index contributed by atoms with van der Waals surface area (Å²) in [6.45, 7) is 5.61. The number of nitrogens with zero attached hydrogens (tertiary/aromatic N) is 1. The van der Waals surface area contributed by atoms with Gasteiger partial charge in [0.25, 0.3) is 5.91 Å². The molecule has 0 spiro atoms. The molecule has 2 saturated heterocycles. The molecule has 7 heteroatoms. The first-order chi connectivity index (χ1) is 13.5. The van der Waals surface area contributed by atoms with Crippen LogP contribution in [0.5, 0.6) is 0 Å². The number of methoxy groups -OCH3 is 1. The van der Waals surface area contributed by atoms with Crippen molar-refractivity contribution < 1.29 is 14.3 Å². The number of carbonyl (C=O) groups excluding carboxylic acids is 2. The van der Waals surface area contributed by atoms with E-state index in [2.05, 4.69) is 16.0 Å². The molecule has 1 atom stereocenters. The van der Waals surface area contributed by atoms with Crippen molar-refractivity contribution in [2.75, 3.05) is 45.2 Å². The van der Waals surface area contributed by atoms with Gasteiger partial charge in [-0.15, -0.1) is 0 Å². The Labute approximate surface area is 167 Å². The van der Waals surface area contributed by atoms with E-state index in [4.69, 9.17) is 4.74 Å². The lowest BCUT2D eigenvalue weighted by Crippen LogP contribution is -2.57. The van der Waals surface area contributed by atoms with Crippen molar-refractivity contribution in [1.29, 1.82) is 0 Å². The summed E-state index contributed by atoms with van der Waals surface area (Å²) in [5, 5.41) is 9.09. The predicted octanol–water partition coefficient (Wildman–Crippen LogP) is 2.12. The Balaban J connectivity index is 1.49. The van der Waals surface area contributed by atoms with Crippen molar-refractivity contribution >= 4 is 17.6 Å². The van der Waals surface area contributed by atoms with Crippen LogP contribution in [-0.2, 0) is 9.53 Å². The minimum atomic E-state index is -0.691. The number of hydrogen-bond acceptors (Lipinski definition) is 4. The molecule has 2 fully saturated rings. The number of benzene rings is 1. The van der Waals surface area contributed by atoms with Crippen LogP contribution in [0.3, 0.4) is 0 Å². The number of hydrogen-bond donors (Lipinski definition) is 3. The number of anilines is 1. The van der Waals surface area contributed by atoms with Gasteiger partial charge >= 0.3 is 6.03 Å². The SMILES string of the molecule is COC1(C(=O)N2CCCC(CNC(=O)Nc3ccc(C)cc3)C2)CCNCC1. The summed E-state index contributed by atoms with van der Waals surface area (Å²) in [6, 6.07) is 7.50. The summed E-state index contributed by atoms with van der Waals surface area (Å²) in [6.07, 6.45) is 3.38. The average molecular weight is 389 g/mol. The first-order valence-electron chi connectivity index (χ1n) is 10.2. The van der Waals surface area contributed by atoms with E-state index >= 15 is 0 Å². The molecule has 0 aromatic heterocycles. The van der Waals surface area contributed by atoms with E-state index in [9.17, 15) is 9.59 Å². The molecular weight excluding hydrogens is 356 g/mol. The highest BCUT2D eigenvalue weighted by Gasteiger charge is 2.43.